The molecule has 0 unspecified atom stereocenters. The molecule has 3 saturated carbocycles. The molecule has 10 rings (SSSR count). The van der Waals surface area contributed by atoms with Crippen molar-refractivity contribution in [2.75, 3.05) is 14.2 Å². The number of carbonyl (C=O) groups is 3. The van der Waals surface area contributed by atoms with Crippen LogP contribution in [0.15, 0.2) is 133 Å². The Bertz CT molecular complexity index is 1860. The van der Waals surface area contributed by atoms with E-state index in [1.807, 2.05) is 48.5 Å². The molecule has 5 heteroatoms. The Morgan fingerprint density at radius 2 is 0.854 bits per heavy atom. The van der Waals surface area contributed by atoms with E-state index in [-0.39, 0.29) is 41.3 Å². The first-order chi connectivity index (χ1) is 23.5. The van der Waals surface area contributed by atoms with Gasteiger partial charge in [-0.05, 0) is 68.9 Å². The van der Waals surface area contributed by atoms with E-state index in [0.29, 0.717) is 0 Å². The van der Waals surface area contributed by atoms with Crippen LogP contribution >= 0.6 is 0 Å². The van der Waals surface area contributed by atoms with Crippen LogP contribution in [0.1, 0.15) is 22.3 Å². The van der Waals surface area contributed by atoms with E-state index < -0.39 is 34.6 Å². The Kier molecular flexibility index (Phi) is 6.36. The van der Waals surface area contributed by atoms with Crippen molar-refractivity contribution in [2.24, 2.45) is 47.3 Å². The van der Waals surface area contributed by atoms with Crippen molar-refractivity contribution >= 4 is 28.9 Å². The second-order valence-corrected chi connectivity index (χ2v) is 14.0. The molecule has 4 aromatic carbocycles. The largest absolute Gasteiger partial charge is 0.469 e. The molecule has 6 aliphatic carbocycles. The maximum Gasteiger partial charge on any atom is 0.310 e. The summed E-state index contributed by atoms with van der Waals surface area (Å²) in [7, 11) is 2.78. The number of ether oxygens (including phenoxy) is 2. The predicted molar refractivity (Wildman–Crippen MR) is 182 cm³/mol. The predicted octanol–water partition coefficient (Wildman–Crippen LogP) is 6.94. The van der Waals surface area contributed by atoms with Crippen molar-refractivity contribution in [2.45, 2.75) is 10.8 Å². The molecule has 0 spiro atoms. The molecule has 10 atom stereocenters. The van der Waals surface area contributed by atoms with E-state index in [1.54, 1.807) is 0 Å². The zero-order valence-corrected chi connectivity index (χ0v) is 26.9. The molecule has 4 bridgehead atoms. The van der Waals surface area contributed by atoms with Crippen molar-refractivity contribution in [3.05, 3.63) is 156 Å². The van der Waals surface area contributed by atoms with Gasteiger partial charge in [-0.25, -0.2) is 0 Å². The Morgan fingerprint density at radius 3 is 1.19 bits per heavy atom. The molecule has 4 aromatic rings. The highest BCUT2D eigenvalue weighted by Crippen LogP contribution is 2.83. The monoisotopic (exact) mass is 632 g/mol. The van der Waals surface area contributed by atoms with Gasteiger partial charge in [0.05, 0.1) is 36.9 Å². The average molecular weight is 633 g/mol. The number of allylic oxidation sites excluding steroid dienone is 4. The van der Waals surface area contributed by atoms with Gasteiger partial charge in [-0.1, -0.05) is 133 Å². The maximum atomic E-state index is 16.3. The molecule has 48 heavy (non-hydrogen) atoms. The molecule has 0 N–H and O–H groups in total. The maximum absolute atomic E-state index is 16.3. The van der Waals surface area contributed by atoms with Gasteiger partial charge in [0.2, 0.25) is 0 Å². The lowest BCUT2D eigenvalue weighted by Crippen LogP contribution is -2.69. The standard InChI is InChI=1S/C43H36O5/c1-47-39(44)33-29-23-24-30(34(33)40(45)48-2)32-31(29)37-38(32)43(28-21-13-6-14-22-28)36(26-17-9-4-10-18-26)35(25-15-7-3-8-16-25)42(37,41(43)46)27-19-11-5-12-20-27/h3-24,29-34,37-38H,1-2H3/t29-,30+,31-,32-,33+,34-,37+,38-,42+,43+/m1/s1. The highest BCUT2D eigenvalue weighted by atomic mass is 16.5. The lowest BCUT2D eigenvalue weighted by molar-refractivity contribution is -0.195. The molecule has 238 valence electrons. The second kappa shape index (κ2) is 10.5. The molecule has 0 heterocycles. The Labute approximate surface area is 280 Å². The first-order valence-electron chi connectivity index (χ1n) is 16.9. The van der Waals surface area contributed by atoms with Crippen molar-refractivity contribution in [1.82, 2.24) is 0 Å². The number of hydrogen-bond acceptors (Lipinski definition) is 5. The van der Waals surface area contributed by atoms with Gasteiger partial charge in [-0.15, -0.1) is 0 Å². The summed E-state index contributed by atoms with van der Waals surface area (Å²) in [5, 5.41) is 0. The molecule has 3 fully saturated rings. The van der Waals surface area contributed by atoms with Crippen molar-refractivity contribution in [3.8, 4) is 0 Å². The van der Waals surface area contributed by atoms with Crippen molar-refractivity contribution in [1.29, 1.82) is 0 Å². The Balaban J connectivity index is 1.42. The number of hydrogen-bond donors (Lipinski definition) is 0. The van der Waals surface area contributed by atoms with E-state index in [9.17, 15) is 9.59 Å². The molecule has 0 saturated heterocycles. The molecule has 5 nitrogen and oxygen atoms in total. The number of ketones is 1. The quantitative estimate of drug-likeness (QED) is 0.170. The number of esters is 2. The van der Waals surface area contributed by atoms with Crippen LogP contribution in [-0.2, 0) is 34.7 Å². The van der Waals surface area contributed by atoms with Gasteiger partial charge < -0.3 is 9.47 Å². The molecule has 0 amide bonds. The average Bonchev–Trinajstić information content (AvgIpc) is 3.49. The van der Waals surface area contributed by atoms with Gasteiger partial charge in [0.15, 0.2) is 5.78 Å². The molecular formula is C43H36O5. The Morgan fingerprint density at radius 1 is 0.521 bits per heavy atom. The SMILES string of the molecule is COC(=O)[C@@H]1[C@H]2C=C[C@@H]([C@@H]1C(=O)OC)[C@@H]1[C@@H]2[C@@H]2[C@H]1[C@@]1(c3ccccc3)C(=O)[C@@]2(c2ccccc2)C(c2ccccc2)=C1c1ccccc1. The van der Waals surface area contributed by atoms with Crippen LogP contribution in [0.25, 0.3) is 11.1 Å². The molecule has 0 aromatic heterocycles. The number of rotatable bonds is 6. The van der Waals surface area contributed by atoms with E-state index in [4.69, 9.17) is 9.47 Å². The van der Waals surface area contributed by atoms with Crippen molar-refractivity contribution < 1.29 is 23.9 Å². The van der Waals surface area contributed by atoms with Crippen LogP contribution in [0.5, 0.6) is 0 Å². The minimum atomic E-state index is -0.984. The Hall–Kier alpha value is -5.03. The molecule has 6 aliphatic rings. The number of methoxy groups -OCH3 is 2. The third kappa shape index (κ3) is 3.34. The number of Topliss-reactive ketones (excluding diaryl/α,β-unsaturated/α-hetero) is 1. The van der Waals surface area contributed by atoms with Crippen molar-refractivity contribution in [3.63, 3.8) is 0 Å². The van der Waals surface area contributed by atoms with Crippen LogP contribution in [0.3, 0.4) is 0 Å². The number of carbonyl (C=O) groups excluding carboxylic acids is 3. The first kappa shape index (κ1) is 29.1. The summed E-state index contributed by atoms with van der Waals surface area (Å²) in [6.07, 6.45) is 4.27. The van der Waals surface area contributed by atoms with Gasteiger partial charge in [0.1, 0.15) is 0 Å². The van der Waals surface area contributed by atoms with Crippen LogP contribution in [0, 0.1) is 47.3 Å². The van der Waals surface area contributed by atoms with Gasteiger partial charge >= 0.3 is 11.9 Å². The third-order valence-electron chi connectivity index (χ3n) is 12.6. The van der Waals surface area contributed by atoms with E-state index in [2.05, 4.69) is 84.9 Å². The van der Waals surface area contributed by atoms with Gasteiger partial charge in [-0.2, -0.15) is 0 Å². The fraction of sp³-hybridized carbons (Fsp3) is 0.279. The molecule has 0 radical (unpaired) electrons. The molecule has 0 aliphatic heterocycles. The lowest BCUT2D eigenvalue weighted by Gasteiger charge is -2.69. The fourth-order valence-corrected chi connectivity index (χ4v) is 11.4. The summed E-state index contributed by atoms with van der Waals surface area (Å²) in [5.41, 5.74) is 4.16. The summed E-state index contributed by atoms with van der Waals surface area (Å²) in [5.74, 6) is -2.72. The summed E-state index contributed by atoms with van der Waals surface area (Å²) in [6.45, 7) is 0. The summed E-state index contributed by atoms with van der Waals surface area (Å²) >= 11 is 0. The topological polar surface area (TPSA) is 69.7 Å². The van der Waals surface area contributed by atoms with E-state index in [1.165, 1.54) is 14.2 Å². The lowest BCUT2D eigenvalue weighted by atomic mass is 9.33. The smallest absolute Gasteiger partial charge is 0.310 e. The highest BCUT2D eigenvalue weighted by Gasteiger charge is 2.86. The number of fused-ring (bicyclic) bond motifs is 6. The van der Waals surface area contributed by atoms with Gasteiger partial charge in [-0.3, -0.25) is 14.4 Å². The van der Waals surface area contributed by atoms with E-state index in [0.717, 1.165) is 33.4 Å². The number of benzene rings is 4. The summed E-state index contributed by atoms with van der Waals surface area (Å²) in [6, 6.07) is 41.4. The third-order valence-corrected chi connectivity index (χ3v) is 12.6. The first-order valence-corrected chi connectivity index (χ1v) is 16.9. The van der Waals surface area contributed by atoms with Crippen LogP contribution in [-0.4, -0.2) is 31.9 Å². The van der Waals surface area contributed by atoms with Gasteiger partial charge in [0, 0.05) is 0 Å². The van der Waals surface area contributed by atoms with Crippen LogP contribution < -0.4 is 0 Å². The normalized spacial score (nSPS) is 35.1. The minimum absolute atomic E-state index is 0.0132. The van der Waals surface area contributed by atoms with Crippen LogP contribution in [0.4, 0.5) is 0 Å². The second-order valence-electron chi connectivity index (χ2n) is 14.0. The zero-order valence-electron chi connectivity index (χ0n) is 26.9. The summed E-state index contributed by atoms with van der Waals surface area (Å²) < 4.78 is 10.8. The summed E-state index contributed by atoms with van der Waals surface area (Å²) in [4.78, 5) is 43.5. The zero-order chi connectivity index (χ0) is 32.8. The van der Waals surface area contributed by atoms with E-state index >= 15 is 4.79 Å². The molecular weight excluding hydrogens is 596 g/mol. The highest BCUT2D eigenvalue weighted by molar-refractivity contribution is 6.30. The minimum Gasteiger partial charge on any atom is -0.469 e. The van der Waals surface area contributed by atoms with Crippen LogP contribution in [0.2, 0.25) is 0 Å². The van der Waals surface area contributed by atoms with Gasteiger partial charge in [0.25, 0.3) is 0 Å². The fourth-order valence-electron chi connectivity index (χ4n) is 11.4.